The van der Waals surface area contributed by atoms with Crippen molar-refractivity contribution >= 4 is 13.7 Å². The van der Waals surface area contributed by atoms with Gasteiger partial charge in [-0.1, -0.05) is 276 Å². The van der Waals surface area contributed by atoms with Crippen LogP contribution >= 0.6 is 7.82 Å². The number of quaternary nitrogens is 1. The summed E-state index contributed by atoms with van der Waals surface area (Å²) in [5.41, 5.74) is 0. The second kappa shape index (κ2) is 51.9. The highest BCUT2D eigenvalue weighted by molar-refractivity contribution is 7.45. The largest absolute Gasteiger partial charge is 0.756 e. The third-order valence-electron chi connectivity index (χ3n) is 13.9. The third kappa shape index (κ3) is 54.6. The standard InChI is InChI=1S/C60H119N2O6P/c1-6-8-10-12-14-16-18-20-22-24-26-28-30-32-33-35-37-39-41-43-45-47-49-51-53-59(63)58(57-68-69(65,66)67-56-55-62(3,4)5)61-60(64)54-52-50-48-46-44-42-40-38-36-34-31-29-27-25-23-21-19-17-15-13-11-9-7-2/h27,29,34,36,58-59,63H,6-26,28,30-33,35,37-57H2,1-5H3,(H-,61,64,65,66)/b29-27-,36-34-. The second-order valence-corrected chi connectivity index (χ2v) is 23.5. The highest BCUT2D eigenvalue weighted by Crippen LogP contribution is 2.38. The van der Waals surface area contributed by atoms with Crippen LogP contribution in [0.2, 0.25) is 0 Å². The Labute approximate surface area is 430 Å². The summed E-state index contributed by atoms with van der Waals surface area (Å²) in [6, 6.07) is -0.805. The van der Waals surface area contributed by atoms with Crippen LogP contribution in [0.15, 0.2) is 24.3 Å². The number of amides is 1. The average molecular weight is 996 g/mol. The van der Waals surface area contributed by atoms with Gasteiger partial charge in [-0.25, -0.2) is 0 Å². The number of phosphoric acid groups is 1. The maximum atomic E-state index is 13.0. The molecule has 69 heavy (non-hydrogen) atoms. The molecule has 9 heteroatoms. The van der Waals surface area contributed by atoms with E-state index in [2.05, 4.69) is 43.5 Å². The molecule has 0 heterocycles. The highest BCUT2D eigenvalue weighted by atomic mass is 31.2. The fourth-order valence-corrected chi connectivity index (χ4v) is 9.91. The summed E-state index contributed by atoms with van der Waals surface area (Å²) in [5.74, 6) is -0.168. The number of carbonyl (C=O) groups is 1. The number of hydrogen-bond donors (Lipinski definition) is 2. The number of nitrogens with zero attached hydrogens (tertiary/aromatic N) is 1. The van der Waals surface area contributed by atoms with Gasteiger partial charge in [0.2, 0.25) is 5.91 Å². The van der Waals surface area contributed by atoms with Crippen LogP contribution in [0.3, 0.4) is 0 Å². The number of rotatable bonds is 56. The Morgan fingerprint density at radius 3 is 1.20 bits per heavy atom. The molecule has 3 unspecified atom stereocenters. The summed E-state index contributed by atoms with van der Waals surface area (Å²) in [6.07, 6.45) is 65.0. The molecule has 0 saturated carbocycles. The number of carbonyl (C=O) groups excluding carboxylic acids is 1. The number of phosphoric ester groups is 1. The number of aliphatic hydroxyl groups excluding tert-OH is 1. The zero-order valence-electron chi connectivity index (χ0n) is 46.8. The molecule has 0 radical (unpaired) electrons. The smallest absolute Gasteiger partial charge is 0.268 e. The third-order valence-corrected chi connectivity index (χ3v) is 14.9. The Kier molecular flexibility index (Phi) is 51.1. The van der Waals surface area contributed by atoms with Crippen LogP contribution in [0, 0.1) is 0 Å². The minimum Gasteiger partial charge on any atom is -0.756 e. The molecule has 0 aliphatic carbocycles. The molecule has 3 atom stereocenters. The molecule has 1 amide bonds. The first-order valence-corrected chi connectivity index (χ1v) is 31.6. The van der Waals surface area contributed by atoms with Crippen LogP contribution in [0.25, 0.3) is 0 Å². The molecule has 0 aliphatic heterocycles. The first kappa shape index (κ1) is 68.0. The van der Waals surface area contributed by atoms with Crippen molar-refractivity contribution in [1.82, 2.24) is 5.32 Å². The van der Waals surface area contributed by atoms with Gasteiger partial charge in [0.25, 0.3) is 7.82 Å². The van der Waals surface area contributed by atoms with E-state index in [4.69, 9.17) is 9.05 Å². The lowest BCUT2D eigenvalue weighted by molar-refractivity contribution is -0.870. The fraction of sp³-hybridized carbons (Fsp3) is 0.917. The Bertz CT molecular complexity index is 1170. The summed E-state index contributed by atoms with van der Waals surface area (Å²) in [7, 11) is 1.31. The number of allylic oxidation sites excluding steroid dienone is 4. The predicted molar refractivity (Wildman–Crippen MR) is 298 cm³/mol. The summed E-state index contributed by atoms with van der Waals surface area (Å²) in [4.78, 5) is 25.6. The van der Waals surface area contributed by atoms with Crippen molar-refractivity contribution in [2.24, 2.45) is 0 Å². The van der Waals surface area contributed by atoms with Crippen molar-refractivity contribution in [2.45, 2.75) is 315 Å². The molecule has 0 aromatic rings. The molecule has 0 aromatic carbocycles. The van der Waals surface area contributed by atoms with Gasteiger partial charge >= 0.3 is 0 Å². The van der Waals surface area contributed by atoms with Crippen LogP contribution in [0.5, 0.6) is 0 Å². The molecule has 0 aromatic heterocycles. The second-order valence-electron chi connectivity index (χ2n) is 22.1. The van der Waals surface area contributed by atoms with E-state index >= 15 is 0 Å². The first-order valence-electron chi connectivity index (χ1n) is 30.2. The zero-order valence-corrected chi connectivity index (χ0v) is 47.7. The van der Waals surface area contributed by atoms with Crippen LogP contribution in [-0.2, 0) is 18.4 Å². The Morgan fingerprint density at radius 2 is 0.841 bits per heavy atom. The molecule has 0 saturated heterocycles. The van der Waals surface area contributed by atoms with Crippen LogP contribution in [0.4, 0.5) is 0 Å². The molecule has 8 nitrogen and oxygen atoms in total. The maximum absolute atomic E-state index is 13.0. The van der Waals surface area contributed by atoms with Gasteiger partial charge < -0.3 is 28.8 Å². The zero-order chi connectivity index (χ0) is 50.6. The predicted octanol–water partition coefficient (Wildman–Crippen LogP) is 17.7. The maximum Gasteiger partial charge on any atom is 0.268 e. The summed E-state index contributed by atoms with van der Waals surface area (Å²) in [5, 5.41) is 14.0. The lowest BCUT2D eigenvalue weighted by Gasteiger charge is -2.30. The fourth-order valence-electron chi connectivity index (χ4n) is 9.19. The molecule has 0 bridgehead atoms. The van der Waals surface area contributed by atoms with Crippen LogP contribution in [-0.4, -0.2) is 68.5 Å². The number of aliphatic hydroxyl groups is 1. The molecular weight excluding hydrogens is 876 g/mol. The highest BCUT2D eigenvalue weighted by Gasteiger charge is 2.24. The van der Waals surface area contributed by atoms with Gasteiger partial charge in [0.15, 0.2) is 0 Å². The number of hydrogen-bond acceptors (Lipinski definition) is 6. The number of unbranched alkanes of at least 4 members (excludes halogenated alkanes) is 39. The molecule has 0 spiro atoms. The summed E-state index contributed by atoms with van der Waals surface area (Å²) < 4.78 is 23.5. The van der Waals surface area contributed by atoms with Gasteiger partial charge in [-0.2, -0.15) is 0 Å². The van der Waals surface area contributed by atoms with Crippen LogP contribution < -0.4 is 10.2 Å². The molecular formula is C60H119N2O6P. The monoisotopic (exact) mass is 995 g/mol. The van der Waals surface area contributed by atoms with E-state index < -0.39 is 20.0 Å². The van der Waals surface area contributed by atoms with Crippen molar-refractivity contribution in [3.63, 3.8) is 0 Å². The van der Waals surface area contributed by atoms with E-state index in [1.165, 1.54) is 225 Å². The van der Waals surface area contributed by atoms with Crippen molar-refractivity contribution in [3.05, 3.63) is 24.3 Å². The van der Waals surface area contributed by atoms with Gasteiger partial charge in [0, 0.05) is 6.42 Å². The minimum absolute atomic E-state index is 0.0117. The van der Waals surface area contributed by atoms with E-state index in [0.29, 0.717) is 23.9 Å². The normalized spacial score (nSPS) is 14.0. The molecule has 0 rings (SSSR count). The average Bonchev–Trinajstić information content (AvgIpc) is 3.31. The molecule has 0 aliphatic rings. The van der Waals surface area contributed by atoms with E-state index in [1.807, 2.05) is 21.1 Å². The molecule has 0 fully saturated rings. The van der Waals surface area contributed by atoms with E-state index in [0.717, 1.165) is 51.4 Å². The Morgan fingerprint density at radius 1 is 0.507 bits per heavy atom. The topological polar surface area (TPSA) is 108 Å². The van der Waals surface area contributed by atoms with Crippen LogP contribution in [0.1, 0.15) is 303 Å². The van der Waals surface area contributed by atoms with Gasteiger partial charge in [-0.15, -0.1) is 0 Å². The SMILES string of the molecule is CCCCCCCCCCC/C=C\C/C=C\CCCCCCCCCC(=O)NC(COP(=O)([O-])OCC[N+](C)(C)C)C(O)CCCCCCCCCCCCCCCCCCCCCCCCCC. The van der Waals surface area contributed by atoms with Crippen molar-refractivity contribution in [1.29, 1.82) is 0 Å². The van der Waals surface area contributed by atoms with Crippen molar-refractivity contribution in [2.75, 3.05) is 40.9 Å². The quantitative estimate of drug-likeness (QED) is 0.0272. The number of likely N-dealkylation sites (N-methyl/N-ethyl adjacent to an activating group) is 1. The van der Waals surface area contributed by atoms with Crippen molar-refractivity contribution < 1.29 is 32.9 Å². The Hall–Kier alpha value is -1.02. The lowest BCUT2D eigenvalue weighted by Crippen LogP contribution is -2.46. The minimum atomic E-state index is -4.58. The molecule has 410 valence electrons. The van der Waals surface area contributed by atoms with E-state index in [-0.39, 0.29) is 19.1 Å². The van der Waals surface area contributed by atoms with Crippen molar-refractivity contribution in [3.8, 4) is 0 Å². The van der Waals surface area contributed by atoms with E-state index in [1.54, 1.807) is 0 Å². The summed E-state index contributed by atoms with van der Waals surface area (Å²) >= 11 is 0. The van der Waals surface area contributed by atoms with Gasteiger partial charge in [-0.3, -0.25) is 9.36 Å². The Balaban J connectivity index is 4.15. The lowest BCUT2D eigenvalue weighted by atomic mass is 10.0. The van der Waals surface area contributed by atoms with Gasteiger partial charge in [-0.05, 0) is 44.9 Å². The molecule has 2 N–H and O–H groups in total. The van der Waals surface area contributed by atoms with Gasteiger partial charge in [0.05, 0.1) is 39.9 Å². The van der Waals surface area contributed by atoms with E-state index in [9.17, 15) is 19.4 Å². The number of nitrogens with one attached hydrogen (secondary N) is 1. The van der Waals surface area contributed by atoms with Gasteiger partial charge in [0.1, 0.15) is 13.2 Å². The first-order chi connectivity index (χ1) is 33.5. The summed E-state index contributed by atoms with van der Waals surface area (Å²) in [6.45, 7) is 4.76.